The van der Waals surface area contributed by atoms with E-state index in [1.54, 1.807) is 6.07 Å². The second-order valence-corrected chi connectivity index (χ2v) is 8.03. The van der Waals surface area contributed by atoms with E-state index in [-0.39, 0.29) is 29.2 Å². The number of fused-ring (bicyclic) bond motifs is 1. The van der Waals surface area contributed by atoms with Crippen molar-refractivity contribution >= 4 is 6.09 Å². The molecule has 2 aromatic carbocycles. The predicted molar refractivity (Wildman–Crippen MR) is 103 cm³/mol. The van der Waals surface area contributed by atoms with Gasteiger partial charge in [0.05, 0.1) is 6.10 Å². The fraction of sp³-hybridized carbons (Fsp3) is 0.409. The zero-order valence-electron chi connectivity index (χ0n) is 16.2. The molecule has 5 heteroatoms. The summed E-state index contributed by atoms with van der Waals surface area (Å²) in [5.41, 5.74) is 8.85. The van der Waals surface area contributed by atoms with Crippen LogP contribution in [0.3, 0.4) is 0 Å². The second-order valence-electron chi connectivity index (χ2n) is 8.03. The van der Waals surface area contributed by atoms with Crippen molar-refractivity contribution in [2.24, 2.45) is 11.1 Å². The summed E-state index contributed by atoms with van der Waals surface area (Å²) in [5.74, 6) is -0.127. The van der Waals surface area contributed by atoms with E-state index in [2.05, 4.69) is 13.8 Å². The Hall–Kier alpha value is -2.56. The maximum atomic E-state index is 14.3. The van der Waals surface area contributed by atoms with Crippen LogP contribution in [-0.4, -0.2) is 12.2 Å². The minimum absolute atomic E-state index is 0.0837. The van der Waals surface area contributed by atoms with Crippen LogP contribution < -0.4 is 10.5 Å². The Kier molecular flexibility index (Phi) is 5.13. The van der Waals surface area contributed by atoms with Gasteiger partial charge in [0.25, 0.3) is 0 Å². The summed E-state index contributed by atoms with van der Waals surface area (Å²) in [6.45, 7) is 7.87. The first kappa shape index (κ1) is 19.2. The van der Waals surface area contributed by atoms with Gasteiger partial charge in [0, 0.05) is 5.41 Å². The number of nitrogens with two attached hydrogens (primary N) is 1. The van der Waals surface area contributed by atoms with E-state index in [1.807, 2.05) is 38.1 Å². The second kappa shape index (κ2) is 7.22. The molecule has 1 aliphatic carbocycles. The van der Waals surface area contributed by atoms with Crippen LogP contribution in [0.5, 0.6) is 5.75 Å². The van der Waals surface area contributed by atoms with Crippen molar-refractivity contribution in [3.05, 3.63) is 53.3 Å². The molecule has 2 aromatic rings. The van der Waals surface area contributed by atoms with Crippen molar-refractivity contribution in [3.63, 3.8) is 0 Å². The maximum absolute atomic E-state index is 14.3. The molecule has 3 rings (SSSR count). The van der Waals surface area contributed by atoms with Crippen LogP contribution in [0.15, 0.2) is 36.4 Å². The molecule has 2 N–H and O–H groups in total. The van der Waals surface area contributed by atoms with Gasteiger partial charge < -0.3 is 15.2 Å². The summed E-state index contributed by atoms with van der Waals surface area (Å²) in [6, 6.07) is 10.9. The van der Waals surface area contributed by atoms with Crippen molar-refractivity contribution in [3.8, 4) is 16.9 Å². The Balaban J connectivity index is 1.95. The fourth-order valence-electron chi connectivity index (χ4n) is 3.64. The Morgan fingerprint density at radius 3 is 2.48 bits per heavy atom. The molecule has 0 spiro atoms. The molecule has 0 radical (unpaired) electrons. The Morgan fingerprint density at radius 2 is 1.85 bits per heavy atom. The highest BCUT2D eigenvalue weighted by atomic mass is 19.1. The Bertz CT molecular complexity index is 861. The topological polar surface area (TPSA) is 61.6 Å². The predicted octanol–water partition coefficient (Wildman–Crippen LogP) is 5.39. The molecule has 1 aliphatic rings. The first-order valence-corrected chi connectivity index (χ1v) is 9.23. The molecule has 1 amide bonds. The number of primary amides is 1. The van der Waals surface area contributed by atoms with E-state index < -0.39 is 6.09 Å². The first-order chi connectivity index (χ1) is 12.7. The molecule has 0 saturated heterocycles. The molecule has 0 saturated carbocycles. The fourth-order valence-corrected chi connectivity index (χ4v) is 3.64. The SMILES string of the molecule is CC(C)Oc1ccc(-c2ccc3c(c2)CCC(C)(C)[C@H]3OC(N)=O)cc1F. The van der Waals surface area contributed by atoms with E-state index in [4.69, 9.17) is 15.2 Å². The van der Waals surface area contributed by atoms with Crippen LogP contribution in [0.1, 0.15) is 51.3 Å². The third-order valence-electron chi connectivity index (χ3n) is 5.04. The molecule has 0 unspecified atom stereocenters. The number of hydrogen-bond donors (Lipinski definition) is 1. The summed E-state index contributed by atoms with van der Waals surface area (Å²) in [6.07, 6.45) is 0.502. The highest BCUT2D eigenvalue weighted by molar-refractivity contribution is 5.67. The lowest BCUT2D eigenvalue weighted by atomic mass is 9.71. The van der Waals surface area contributed by atoms with Gasteiger partial charge in [-0.15, -0.1) is 0 Å². The molecule has 0 aliphatic heterocycles. The lowest BCUT2D eigenvalue weighted by Crippen LogP contribution is -2.33. The average Bonchev–Trinajstić information content (AvgIpc) is 2.58. The average molecular weight is 371 g/mol. The first-order valence-electron chi connectivity index (χ1n) is 9.23. The quantitative estimate of drug-likeness (QED) is 0.784. The van der Waals surface area contributed by atoms with Crippen molar-refractivity contribution in [1.82, 2.24) is 0 Å². The van der Waals surface area contributed by atoms with Crippen LogP contribution in [0.2, 0.25) is 0 Å². The number of hydrogen-bond acceptors (Lipinski definition) is 3. The van der Waals surface area contributed by atoms with E-state index in [0.717, 1.165) is 35.1 Å². The lowest BCUT2D eigenvalue weighted by molar-refractivity contribution is 0.0147. The normalized spacial score (nSPS) is 18.1. The van der Waals surface area contributed by atoms with Gasteiger partial charge >= 0.3 is 6.09 Å². The molecular formula is C22H26FNO3. The van der Waals surface area contributed by atoms with Crippen LogP contribution >= 0.6 is 0 Å². The highest BCUT2D eigenvalue weighted by Gasteiger charge is 2.38. The number of ether oxygens (including phenoxy) is 2. The van der Waals surface area contributed by atoms with Crippen molar-refractivity contribution in [2.75, 3.05) is 0 Å². The van der Waals surface area contributed by atoms with Gasteiger partial charge in [0.1, 0.15) is 6.10 Å². The van der Waals surface area contributed by atoms with Crippen LogP contribution in [0.4, 0.5) is 9.18 Å². The largest absolute Gasteiger partial charge is 0.488 e. The van der Waals surface area contributed by atoms with Gasteiger partial charge in [-0.25, -0.2) is 9.18 Å². The summed E-state index contributed by atoms with van der Waals surface area (Å²) >= 11 is 0. The molecule has 27 heavy (non-hydrogen) atoms. The third kappa shape index (κ3) is 4.07. The van der Waals surface area contributed by atoms with Gasteiger partial charge in [-0.2, -0.15) is 0 Å². The van der Waals surface area contributed by atoms with Gasteiger partial charge in [-0.05, 0) is 61.1 Å². The molecule has 0 heterocycles. The van der Waals surface area contributed by atoms with E-state index in [1.165, 1.54) is 6.07 Å². The molecule has 4 nitrogen and oxygen atoms in total. The van der Waals surface area contributed by atoms with E-state index >= 15 is 0 Å². The minimum atomic E-state index is -0.771. The van der Waals surface area contributed by atoms with Crippen molar-refractivity contribution in [1.29, 1.82) is 0 Å². The molecule has 0 bridgehead atoms. The number of benzene rings is 2. The Morgan fingerprint density at radius 1 is 1.19 bits per heavy atom. The summed E-state index contributed by atoms with van der Waals surface area (Å²) in [7, 11) is 0. The monoisotopic (exact) mass is 371 g/mol. The number of halogens is 1. The molecule has 144 valence electrons. The number of aryl methyl sites for hydroxylation is 1. The Labute approximate surface area is 159 Å². The minimum Gasteiger partial charge on any atom is -0.488 e. The van der Waals surface area contributed by atoms with E-state index in [0.29, 0.717) is 0 Å². The highest BCUT2D eigenvalue weighted by Crippen LogP contribution is 2.46. The van der Waals surface area contributed by atoms with E-state index in [9.17, 15) is 9.18 Å². The van der Waals surface area contributed by atoms with Crippen LogP contribution in [-0.2, 0) is 11.2 Å². The smallest absolute Gasteiger partial charge is 0.405 e. The van der Waals surface area contributed by atoms with Gasteiger partial charge in [0.2, 0.25) is 0 Å². The van der Waals surface area contributed by atoms with Crippen molar-refractivity contribution < 1.29 is 18.7 Å². The lowest BCUT2D eigenvalue weighted by Gasteiger charge is -2.39. The van der Waals surface area contributed by atoms with Crippen LogP contribution in [0.25, 0.3) is 11.1 Å². The number of carbonyl (C=O) groups excluding carboxylic acids is 1. The standard InChI is InChI=1S/C22H26FNO3/c1-13(2)26-19-8-6-15(12-18(19)23)14-5-7-17-16(11-14)9-10-22(3,4)20(17)27-21(24)25/h5-8,11-13,20H,9-10H2,1-4H3,(H2,24,25)/t20-/m0/s1. The van der Waals surface area contributed by atoms with Crippen molar-refractivity contribution in [2.45, 2.75) is 52.7 Å². The molecule has 0 fully saturated rings. The number of rotatable bonds is 4. The van der Waals surface area contributed by atoms with Gasteiger partial charge in [-0.1, -0.05) is 38.1 Å². The third-order valence-corrected chi connectivity index (χ3v) is 5.04. The number of amides is 1. The van der Waals surface area contributed by atoms with Crippen LogP contribution in [0, 0.1) is 11.2 Å². The summed E-state index contributed by atoms with van der Waals surface area (Å²) in [4.78, 5) is 11.3. The zero-order chi connectivity index (χ0) is 19.8. The summed E-state index contributed by atoms with van der Waals surface area (Å²) < 4.78 is 25.2. The molecular weight excluding hydrogens is 345 g/mol. The zero-order valence-corrected chi connectivity index (χ0v) is 16.2. The number of carbonyl (C=O) groups is 1. The summed E-state index contributed by atoms with van der Waals surface area (Å²) in [5, 5.41) is 0. The van der Waals surface area contributed by atoms with Gasteiger partial charge in [0.15, 0.2) is 11.6 Å². The molecule has 1 atom stereocenters. The van der Waals surface area contributed by atoms with Gasteiger partial charge in [-0.3, -0.25) is 0 Å². The maximum Gasteiger partial charge on any atom is 0.405 e. The molecule has 0 aromatic heterocycles.